The van der Waals surface area contributed by atoms with Gasteiger partial charge < -0.3 is 5.32 Å². The first-order chi connectivity index (χ1) is 13.1. The maximum absolute atomic E-state index is 12.9. The average molecular weight is 363 g/mol. The zero-order valence-corrected chi connectivity index (χ0v) is 16.4. The van der Waals surface area contributed by atoms with Gasteiger partial charge in [-0.15, -0.1) is 0 Å². The van der Waals surface area contributed by atoms with E-state index in [0.717, 1.165) is 36.8 Å². The second-order valence-corrected chi connectivity index (χ2v) is 7.43. The van der Waals surface area contributed by atoms with Crippen molar-refractivity contribution in [2.45, 2.75) is 51.9 Å². The highest BCUT2D eigenvalue weighted by Gasteiger charge is 2.22. The third kappa shape index (κ3) is 6.90. The van der Waals surface area contributed by atoms with Crippen LogP contribution in [0.2, 0.25) is 0 Å². The second-order valence-electron chi connectivity index (χ2n) is 7.43. The maximum Gasteiger partial charge on any atom is 0.227 e. The van der Waals surface area contributed by atoms with Crippen LogP contribution in [0.1, 0.15) is 57.4 Å². The number of carbonyl (C=O) groups excluding carboxylic acids is 1. The molecule has 2 aromatic carbocycles. The molecule has 3 nitrogen and oxygen atoms in total. The number of nitrogens with zero attached hydrogens (tertiary/aromatic N) is 1. The SMILES string of the molecule is CC(C)CC(C(=O)NCCCCCC#N)c1cccc(-c2ccccc2)c1. The Morgan fingerprint density at radius 2 is 1.74 bits per heavy atom. The molecule has 2 rings (SSSR count). The summed E-state index contributed by atoms with van der Waals surface area (Å²) in [6, 6.07) is 20.8. The highest BCUT2D eigenvalue weighted by molar-refractivity contribution is 5.84. The number of rotatable bonds is 10. The fourth-order valence-corrected chi connectivity index (χ4v) is 3.27. The van der Waals surface area contributed by atoms with Crippen molar-refractivity contribution in [1.29, 1.82) is 5.26 Å². The maximum atomic E-state index is 12.9. The molecule has 27 heavy (non-hydrogen) atoms. The zero-order valence-electron chi connectivity index (χ0n) is 16.4. The van der Waals surface area contributed by atoms with Gasteiger partial charge in [0.2, 0.25) is 5.91 Å². The van der Waals surface area contributed by atoms with Gasteiger partial charge in [0.15, 0.2) is 0 Å². The largest absolute Gasteiger partial charge is 0.356 e. The van der Waals surface area contributed by atoms with Gasteiger partial charge in [0, 0.05) is 13.0 Å². The Morgan fingerprint density at radius 3 is 2.44 bits per heavy atom. The molecular formula is C24H30N2O. The third-order valence-electron chi connectivity index (χ3n) is 4.68. The van der Waals surface area contributed by atoms with Crippen LogP contribution in [0.15, 0.2) is 54.6 Å². The molecule has 2 aromatic rings. The number of hydrogen-bond acceptors (Lipinski definition) is 2. The van der Waals surface area contributed by atoms with E-state index in [4.69, 9.17) is 5.26 Å². The van der Waals surface area contributed by atoms with Crippen LogP contribution in [-0.4, -0.2) is 12.5 Å². The summed E-state index contributed by atoms with van der Waals surface area (Å²) in [4.78, 5) is 12.9. The first-order valence-electron chi connectivity index (χ1n) is 9.92. The van der Waals surface area contributed by atoms with Crippen LogP contribution in [0.4, 0.5) is 0 Å². The van der Waals surface area contributed by atoms with Crippen molar-refractivity contribution in [3.8, 4) is 17.2 Å². The smallest absolute Gasteiger partial charge is 0.227 e. The van der Waals surface area contributed by atoms with Crippen LogP contribution in [0, 0.1) is 17.2 Å². The standard InChI is InChI=1S/C24H30N2O/c1-19(2)17-23(24(27)26-16-9-4-3-8-15-25)22-14-10-13-21(18-22)20-11-6-5-7-12-20/h5-7,10-14,18-19,23H,3-4,8-9,16-17H2,1-2H3,(H,26,27). The molecule has 0 spiro atoms. The predicted octanol–water partition coefficient (Wildman–Crippen LogP) is 5.68. The Hall–Kier alpha value is -2.60. The molecule has 0 radical (unpaired) electrons. The van der Waals surface area contributed by atoms with E-state index in [1.165, 1.54) is 5.56 Å². The van der Waals surface area contributed by atoms with Crippen molar-refractivity contribution in [2.75, 3.05) is 6.54 Å². The van der Waals surface area contributed by atoms with Gasteiger partial charge in [0.05, 0.1) is 12.0 Å². The minimum Gasteiger partial charge on any atom is -0.356 e. The lowest BCUT2D eigenvalue weighted by molar-refractivity contribution is -0.122. The summed E-state index contributed by atoms with van der Waals surface area (Å²) in [5.74, 6) is 0.415. The number of carbonyl (C=O) groups is 1. The molecule has 1 unspecified atom stereocenters. The highest BCUT2D eigenvalue weighted by Crippen LogP contribution is 2.28. The van der Waals surface area contributed by atoms with E-state index in [-0.39, 0.29) is 11.8 Å². The van der Waals surface area contributed by atoms with Crippen LogP contribution >= 0.6 is 0 Å². The lowest BCUT2D eigenvalue weighted by Crippen LogP contribution is -2.31. The molecule has 1 atom stereocenters. The number of nitriles is 1. The predicted molar refractivity (Wildman–Crippen MR) is 111 cm³/mol. The van der Waals surface area contributed by atoms with Gasteiger partial charge in [-0.25, -0.2) is 0 Å². The zero-order chi connectivity index (χ0) is 19.5. The molecule has 0 saturated heterocycles. The van der Waals surface area contributed by atoms with Gasteiger partial charge in [0.25, 0.3) is 0 Å². The monoisotopic (exact) mass is 362 g/mol. The molecule has 0 saturated carbocycles. The third-order valence-corrected chi connectivity index (χ3v) is 4.68. The van der Waals surface area contributed by atoms with Crippen molar-refractivity contribution in [1.82, 2.24) is 5.32 Å². The van der Waals surface area contributed by atoms with E-state index in [0.29, 0.717) is 18.9 Å². The van der Waals surface area contributed by atoms with E-state index < -0.39 is 0 Å². The lowest BCUT2D eigenvalue weighted by atomic mass is 9.88. The Labute approximate surface area is 163 Å². The van der Waals surface area contributed by atoms with Crippen molar-refractivity contribution >= 4 is 5.91 Å². The molecule has 0 bridgehead atoms. The lowest BCUT2D eigenvalue weighted by Gasteiger charge is -2.20. The van der Waals surface area contributed by atoms with Gasteiger partial charge in [-0.1, -0.05) is 74.9 Å². The summed E-state index contributed by atoms with van der Waals surface area (Å²) >= 11 is 0. The molecule has 0 aliphatic heterocycles. The summed E-state index contributed by atoms with van der Waals surface area (Å²) in [6.45, 7) is 4.99. The Bertz CT molecular complexity index is 746. The Kier molecular flexibility index (Phi) is 8.58. The van der Waals surface area contributed by atoms with Crippen LogP contribution < -0.4 is 5.32 Å². The summed E-state index contributed by atoms with van der Waals surface area (Å²) in [5, 5.41) is 11.7. The average Bonchev–Trinajstić information content (AvgIpc) is 2.69. The molecular weight excluding hydrogens is 332 g/mol. The van der Waals surface area contributed by atoms with Crippen molar-refractivity contribution in [3.63, 3.8) is 0 Å². The number of unbranched alkanes of at least 4 members (excludes halogenated alkanes) is 3. The quantitative estimate of drug-likeness (QED) is 0.553. The van der Waals surface area contributed by atoms with Crippen LogP contribution in [0.5, 0.6) is 0 Å². The van der Waals surface area contributed by atoms with Crippen molar-refractivity contribution < 1.29 is 4.79 Å². The van der Waals surface area contributed by atoms with E-state index in [1.54, 1.807) is 0 Å². The summed E-state index contributed by atoms with van der Waals surface area (Å²) in [5.41, 5.74) is 3.39. The molecule has 3 heteroatoms. The summed E-state index contributed by atoms with van der Waals surface area (Å²) in [6.07, 6.45) is 4.23. The van der Waals surface area contributed by atoms with Gasteiger partial charge in [-0.05, 0) is 41.9 Å². The number of benzene rings is 2. The summed E-state index contributed by atoms with van der Waals surface area (Å²) < 4.78 is 0. The molecule has 1 amide bonds. The van der Waals surface area contributed by atoms with E-state index >= 15 is 0 Å². The molecule has 0 aliphatic carbocycles. The number of amides is 1. The second kappa shape index (κ2) is 11.2. The highest BCUT2D eigenvalue weighted by atomic mass is 16.1. The molecule has 0 fully saturated rings. The fraction of sp³-hybridized carbons (Fsp3) is 0.417. The van der Waals surface area contributed by atoms with E-state index in [2.05, 4.69) is 55.6 Å². The molecule has 1 N–H and O–H groups in total. The fourth-order valence-electron chi connectivity index (χ4n) is 3.27. The van der Waals surface area contributed by atoms with Gasteiger partial charge in [0.1, 0.15) is 0 Å². The van der Waals surface area contributed by atoms with E-state index in [1.807, 2.05) is 24.3 Å². The van der Waals surface area contributed by atoms with Gasteiger partial charge in [-0.2, -0.15) is 5.26 Å². The van der Waals surface area contributed by atoms with Crippen molar-refractivity contribution in [2.24, 2.45) is 5.92 Å². The van der Waals surface area contributed by atoms with Crippen molar-refractivity contribution in [3.05, 3.63) is 60.2 Å². The first-order valence-corrected chi connectivity index (χ1v) is 9.92. The van der Waals surface area contributed by atoms with Crippen LogP contribution in [0.3, 0.4) is 0 Å². The summed E-state index contributed by atoms with van der Waals surface area (Å²) in [7, 11) is 0. The first kappa shape index (κ1) is 20.7. The normalized spacial score (nSPS) is 11.8. The number of hydrogen-bond donors (Lipinski definition) is 1. The molecule has 0 aromatic heterocycles. The Morgan fingerprint density at radius 1 is 1.00 bits per heavy atom. The molecule has 142 valence electrons. The molecule has 0 heterocycles. The van der Waals surface area contributed by atoms with E-state index in [9.17, 15) is 4.79 Å². The molecule has 0 aliphatic rings. The van der Waals surface area contributed by atoms with Gasteiger partial charge in [-0.3, -0.25) is 4.79 Å². The topological polar surface area (TPSA) is 52.9 Å². The van der Waals surface area contributed by atoms with Crippen LogP contribution in [0.25, 0.3) is 11.1 Å². The van der Waals surface area contributed by atoms with Crippen LogP contribution in [-0.2, 0) is 4.79 Å². The minimum atomic E-state index is -0.132. The number of nitrogens with one attached hydrogen (secondary N) is 1. The minimum absolute atomic E-state index is 0.106. The Balaban J connectivity index is 2.07. The van der Waals surface area contributed by atoms with Gasteiger partial charge >= 0.3 is 0 Å².